The summed E-state index contributed by atoms with van der Waals surface area (Å²) >= 11 is 0. The summed E-state index contributed by atoms with van der Waals surface area (Å²) in [6.45, 7) is 7.31. The highest BCUT2D eigenvalue weighted by atomic mass is 16.5. The molecule has 1 aromatic rings. The molecule has 1 aliphatic heterocycles. The number of nitrogens with one attached hydrogen (secondary N) is 1. The SMILES string of the molecule is CC(NCCN1CCOCC1)c1ccc(C(=O)O)o1. The van der Waals surface area contributed by atoms with Gasteiger partial charge in [-0.2, -0.15) is 0 Å². The minimum atomic E-state index is -1.04. The molecule has 1 unspecified atom stereocenters. The molecule has 2 rings (SSSR count). The van der Waals surface area contributed by atoms with Gasteiger partial charge in [0.1, 0.15) is 5.76 Å². The van der Waals surface area contributed by atoms with Crippen molar-refractivity contribution in [1.29, 1.82) is 0 Å². The van der Waals surface area contributed by atoms with Crippen LogP contribution in [0.25, 0.3) is 0 Å². The van der Waals surface area contributed by atoms with Crippen LogP contribution in [0.2, 0.25) is 0 Å². The molecule has 2 N–H and O–H groups in total. The first-order chi connectivity index (χ1) is 9.16. The molecule has 0 amide bonds. The van der Waals surface area contributed by atoms with Crippen LogP contribution in [-0.4, -0.2) is 55.4 Å². The fourth-order valence-corrected chi connectivity index (χ4v) is 2.07. The Morgan fingerprint density at radius 3 is 2.84 bits per heavy atom. The van der Waals surface area contributed by atoms with E-state index in [-0.39, 0.29) is 11.8 Å². The Morgan fingerprint density at radius 2 is 2.21 bits per heavy atom. The maximum atomic E-state index is 10.7. The summed E-state index contributed by atoms with van der Waals surface area (Å²) in [5, 5.41) is 12.1. The van der Waals surface area contributed by atoms with E-state index in [1.54, 1.807) is 6.07 Å². The van der Waals surface area contributed by atoms with Crippen LogP contribution in [0.3, 0.4) is 0 Å². The fraction of sp³-hybridized carbons (Fsp3) is 0.615. The molecule has 1 saturated heterocycles. The zero-order valence-electron chi connectivity index (χ0n) is 11.1. The molecular formula is C13H20N2O4. The molecule has 0 radical (unpaired) electrons. The number of furan rings is 1. The Kier molecular flexibility index (Phi) is 4.95. The summed E-state index contributed by atoms with van der Waals surface area (Å²) in [6, 6.07) is 3.20. The molecule has 19 heavy (non-hydrogen) atoms. The molecule has 1 atom stereocenters. The van der Waals surface area contributed by atoms with E-state index >= 15 is 0 Å². The van der Waals surface area contributed by atoms with Gasteiger partial charge >= 0.3 is 5.97 Å². The molecule has 1 aromatic heterocycles. The average Bonchev–Trinajstić information content (AvgIpc) is 2.89. The van der Waals surface area contributed by atoms with Crippen molar-refractivity contribution in [2.24, 2.45) is 0 Å². The lowest BCUT2D eigenvalue weighted by Gasteiger charge is -2.27. The highest BCUT2D eigenvalue weighted by Crippen LogP contribution is 2.16. The van der Waals surface area contributed by atoms with Crippen LogP contribution in [0.4, 0.5) is 0 Å². The summed E-state index contributed by atoms with van der Waals surface area (Å²) < 4.78 is 10.5. The molecule has 1 fully saturated rings. The molecule has 106 valence electrons. The van der Waals surface area contributed by atoms with Gasteiger partial charge in [0.15, 0.2) is 0 Å². The third kappa shape index (κ3) is 4.05. The van der Waals surface area contributed by atoms with Crippen molar-refractivity contribution in [1.82, 2.24) is 10.2 Å². The van der Waals surface area contributed by atoms with Gasteiger partial charge in [0.25, 0.3) is 0 Å². The minimum Gasteiger partial charge on any atom is -0.475 e. The lowest BCUT2D eigenvalue weighted by molar-refractivity contribution is 0.0381. The highest BCUT2D eigenvalue weighted by molar-refractivity contribution is 5.84. The maximum Gasteiger partial charge on any atom is 0.371 e. The predicted molar refractivity (Wildman–Crippen MR) is 69.3 cm³/mol. The zero-order chi connectivity index (χ0) is 13.7. The summed E-state index contributed by atoms with van der Waals surface area (Å²) in [4.78, 5) is 13.1. The second-order valence-electron chi connectivity index (χ2n) is 4.64. The molecule has 0 aromatic carbocycles. The van der Waals surface area contributed by atoms with Gasteiger partial charge in [-0.15, -0.1) is 0 Å². The van der Waals surface area contributed by atoms with Crippen molar-refractivity contribution in [3.05, 3.63) is 23.7 Å². The van der Waals surface area contributed by atoms with E-state index in [1.807, 2.05) is 6.92 Å². The molecule has 0 spiro atoms. The number of carboxylic acids is 1. The number of aromatic carboxylic acids is 1. The second-order valence-corrected chi connectivity index (χ2v) is 4.64. The van der Waals surface area contributed by atoms with Gasteiger partial charge in [-0.25, -0.2) is 4.79 Å². The topological polar surface area (TPSA) is 74.9 Å². The Morgan fingerprint density at radius 1 is 1.47 bits per heavy atom. The summed E-state index contributed by atoms with van der Waals surface area (Å²) in [6.07, 6.45) is 0. The van der Waals surface area contributed by atoms with Crippen LogP contribution in [0, 0.1) is 0 Å². The number of nitrogens with zero attached hydrogens (tertiary/aromatic N) is 1. The van der Waals surface area contributed by atoms with Gasteiger partial charge in [-0.1, -0.05) is 0 Å². The molecule has 1 aliphatic rings. The molecular weight excluding hydrogens is 248 g/mol. The van der Waals surface area contributed by atoms with E-state index in [9.17, 15) is 4.79 Å². The van der Waals surface area contributed by atoms with E-state index in [1.165, 1.54) is 6.07 Å². The lowest BCUT2D eigenvalue weighted by atomic mass is 10.2. The molecule has 0 saturated carbocycles. The average molecular weight is 268 g/mol. The van der Waals surface area contributed by atoms with Gasteiger partial charge in [-0.05, 0) is 19.1 Å². The number of hydrogen-bond donors (Lipinski definition) is 2. The molecule has 6 nitrogen and oxygen atoms in total. The fourth-order valence-electron chi connectivity index (χ4n) is 2.07. The van der Waals surface area contributed by atoms with Gasteiger partial charge in [0.2, 0.25) is 5.76 Å². The molecule has 0 aliphatic carbocycles. The first-order valence-electron chi connectivity index (χ1n) is 6.53. The van der Waals surface area contributed by atoms with E-state index < -0.39 is 5.97 Å². The van der Waals surface area contributed by atoms with Crippen molar-refractivity contribution < 1.29 is 19.1 Å². The quantitative estimate of drug-likeness (QED) is 0.800. The number of rotatable bonds is 6. The third-order valence-electron chi connectivity index (χ3n) is 3.25. The summed E-state index contributed by atoms with van der Waals surface area (Å²) in [7, 11) is 0. The molecule has 2 heterocycles. The normalized spacial score (nSPS) is 18.4. The Balaban J connectivity index is 1.73. The maximum absolute atomic E-state index is 10.7. The van der Waals surface area contributed by atoms with E-state index in [0.29, 0.717) is 5.76 Å². The van der Waals surface area contributed by atoms with Crippen molar-refractivity contribution in [2.75, 3.05) is 39.4 Å². The van der Waals surface area contributed by atoms with Gasteiger partial charge in [-0.3, -0.25) is 4.90 Å². The minimum absolute atomic E-state index is 0.00846. The van der Waals surface area contributed by atoms with Gasteiger partial charge in [0, 0.05) is 26.2 Å². The highest BCUT2D eigenvalue weighted by Gasteiger charge is 2.14. The number of ether oxygens (including phenoxy) is 1. The third-order valence-corrected chi connectivity index (χ3v) is 3.25. The van der Waals surface area contributed by atoms with Gasteiger partial charge < -0.3 is 19.6 Å². The number of carboxylic acid groups (broad SMARTS) is 1. The Hall–Kier alpha value is -1.37. The Bertz CT molecular complexity index is 413. The smallest absolute Gasteiger partial charge is 0.371 e. The number of hydrogen-bond acceptors (Lipinski definition) is 5. The van der Waals surface area contributed by atoms with Crippen LogP contribution in [0.5, 0.6) is 0 Å². The van der Waals surface area contributed by atoms with Crippen molar-refractivity contribution in [3.63, 3.8) is 0 Å². The number of morpholine rings is 1. The predicted octanol–water partition coefficient (Wildman–Crippen LogP) is 0.961. The van der Waals surface area contributed by atoms with Crippen molar-refractivity contribution >= 4 is 5.97 Å². The van der Waals surface area contributed by atoms with Crippen LogP contribution >= 0.6 is 0 Å². The Labute approximate surface area is 112 Å². The summed E-state index contributed by atoms with van der Waals surface area (Å²) in [5.74, 6) is -0.400. The van der Waals surface area contributed by atoms with E-state index in [2.05, 4.69) is 10.2 Å². The standard InChI is InChI=1S/C13H20N2O4/c1-10(11-2-3-12(19-11)13(16)17)14-4-5-15-6-8-18-9-7-15/h2-3,10,14H,4-9H2,1H3,(H,16,17). The van der Waals surface area contributed by atoms with Crippen molar-refractivity contribution in [3.8, 4) is 0 Å². The van der Waals surface area contributed by atoms with Gasteiger partial charge in [0.05, 0.1) is 19.3 Å². The van der Waals surface area contributed by atoms with E-state index in [4.69, 9.17) is 14.3 Å². The first-order valence-corrected chi connectivity index (χ1v) is 6.53. The van der Waals surface area contributed by atoms with Crippen LogP contribution in [0.1, 0.15) is 29.3 Å². The summed E-state index contributed by atoms with van der Waals surface area (Å²) in [5.41, 5.74) is 0. The first kappa shape index (κ1) is 14.0. The van der Waals surface area contributed by atoms with Crippen LogP contribution in [-0.2, 0) is 4.74 Å². The lowest BCUT2D eigenvalue weighted by Crippen LogP contribution is -2.40. The largest absolute Gasteiger partial charge is 0.475 e. The number of carbonyl (C=O) groups is 1. The monoisotopic (exact) mass is 268 g/mol. The van der Waals surface area contributed by atoms with Crippen LogP contribution < -0.4 is 5.32 Å². The van der Waals surface area contributed by atoms with E-state index in [0.717, 1.165) is 39.4 Å². The second kappa shape index (κ2) is 6.70. The van der Waals surface area contributed by atoms with Crippen LogP contribution in [0.15, 0.2) is 16.5 Å². The molecule has 0 bridgehead atoms. The molecule has 6 heteroatoms. The van der Waals surface area contributed by atoms with Crippen molar-refractivity contribution in [2.45, 2.75) is 13.0 Å². The zero-order valence-corrected chi connectivity index (χ0v) is 11.1.